The molecule has 1 fully saturated rings. The minimum atomic E-state index is -1.03. The molecule has 2 aliphatic rings. The molecule has 182 valence electrons. The highest BCUT2D eigenvalue weighted by atomic mass is 16.5. The second-order valence-electron chi connectivity index (χ2n) is 8.13. The summed E-state index contributed by atoms with van der Waals surface area (Å²) >= 11 is 0. The molecule has 0 aromatic heterocycles. The first-order valence-corrected chi connectivity index (χ1v) is 11.3. The van der Waals surface area contributed by atoms with Crippen molar-refractivity contribution in [3.63, 3.8) is 0 Å². The van der Waals surface area contributed by atoms with Crippen LogP contribution < -0.4 is 15.4 Å². The molecule has 0 saturated carbocycles. The van der Waals surface area contributed by atoms with E-state index in [4.69, 9.17) is 9.84 Å². The summed E-state index contributed by atoms with van der Waals surface area (Å²) in [7, 11) is 0. The number of benzene rings is 1. The van der Waals surface area contributed by atoms with Gasteiger partial charge in [-0.2, -0.15) is 0 Å². The highest BCUT2D eigenvalue weighted by Gasteiger charge is 2.45. The van der Waals surface area contributed by atoms with Gasteiger partial charge in [0.2, 0.25) is 17.7 Å². The van der Waals surface area contributed by atoms with Crippen molar-refractivity contribution in [3.8, 4) is 5.75 Å². The van der Waals surface area contributed by atoms with Gasteiger partial charge >= 0.3 is 5.97 Å². The van der Waals surface area contributed by atoms with Crippen LogP contribution in [0.2, 0.25) is 0 Å². The number of fused-ring (bicyclic) bond motifs is 1. The molecule has 3 N–H and O–H groups in total. The Morgan fingerprint density at radius 2 is 1.82 bits per heavy atom. The Balaban J connectivity index is 1.45. The fraction of sp³-hybridized carbons (Fsp3) is 0.478. The van der Waals surface area contributed by atoms with Crippen molar-refractivity contribution in [2.75, 3.05) is 13.2 Å². The molecule has 11 heteroatoms. The molecular formula is C23H27N3O8. The third-order valence-corrected chi connectivity index (χ3v) is 5.65. The first kappa shape index (κ1) is 24.9. The highest BCUT2D eigenvalue weighted by Crippen LogP contribution is 2.33. The summed E-state index contributed by atoms with van der Waals surface area (Å²) in [4.78, 5) is 72.3. The maximum absolute atomic E-state index is 13.0. The molecule has 1 aromatic rings. The molecule has 2 heterocycles. The van der Waals surface area contributed by atoms with Gasteiger partial charge in [-0.05, 0) is 31.4 Å². The van der Waals surface area contributed by atoms with E-state index in [1.807, 2.05) is 0 Å². The molecule has 3 rings (SSSR count). The summed E-state index contributed by atoms with van der Waals surface area (Å²) < 4.78 is 5.76. The number of aliphatic carboxylic acids is 1. The predicted molar refractivity (Wildman–Crippen MR) is 117 cm³/mol. The van der Waals surface area contributed by atoms with Crippen LogP contribution in [-0.4, -0.2) is 64.7 Å². The Kier molecular flexibility index (Phi) is 8.34. The van der Waals surface area contributed by atoms with Crippen LogP contribution in [0.1, 0.15) is 72.1 Å². The number of hydrogen-bond acceptors (Lipinski definition) is 7. The van der Waals surface area contributed by atoms with Gasteiger partial charge in [-0.1, -0.05) is 18.9 Å². The zero-order valence-corrected chi connectivity index (χ0v) is 18.6. The average Bonchev–Trinajstić information content (AvgIpc) is 3.04. The monoisotopic (exact) mass is 473 g/mol. The summed E-state index contributed by atoms with van der Waals surface area (Å²) in [6.07, 6.45) is 3.25. The van der Waals surface area contributed by atoms with E-state index in [2.05, 4.69) is 10.6 Å². The standard InChI is InChI=1S/C23H27N3O8/c27-17(24-12-11-19(29)30)8-3-1-2-4-13-34-16-7-5-6-14-20(16)23(33)26(22(14)32)15-9-10-18(28)25-21(15)31/h5-7,15H,1-4,8-13H2,(H,24,27)(H,29,30)(H,25,28,31). The number of carbonyl (C=O) groups is 6. The smallest absolute Gasteiger partial charge is 0.305 e. The Hall–Kier alpha value is -3.76. The summed E-state index contributed by atoms with van der Waals surface area (Å²) in [5, 5.41) is 13.3. The average molecular weight is 473 g/mol. The van der Waals surface area contributed by atoms with Crippen LogP contribution in [0.15, 0.2) is 18.2 Å². The van der Waals surface area contributed by atoms with E-state index in [0.29, 0.717) is 25.9 Å². The van der Waals surface area contributed by atoms with Crippen molar-refractivity contribution in [2.45, 2.75) is 57.4 Å². The zero-order chi connectivity index (χ0) is 24.7. The number of unbranched alkanes of at least 4 members (excludes halogenated alkanes) is 3. The maximum Gasteiger partial charge on any atom is 0.305 e. The first-order chi connectivity index (χ1) is 16.3. The van der Waals surface area contributed by atoms with Crippen LogP contribution in [0.25, 0.3) is 0 Å². The molecule has 0 bridgehead atoms. The summed E-state index contributed by atoms with van der Waals surface area (Å²) in [6.45, 7) is 0.423. The Bertz CT molecular complexity index is 1010. The molecular weight excluding hydrogens is 446 g/mol. The van der Waals surface area contributed by atoms with Gasteiger partial charge in [-0.15, -0.1) is 0 Å². The first-order valence-electron chi connectivity index (χ1n) is 11.3. The van der Waals surface area contributed by atoms with Gasteiger partial charge in [0, 0.05) is 19.4 Å². The Morgan fingerprint density at radius 3 is 2.56 bits per heavy atom. The molecule has 11 nitrogen and oxygen atoms in total. The van der Waals surface area contributed by atoms with Crippen LogP contribution in [-0.2, 0) is 19.2 Å². The van der Waals surface area contributed by atoms with Crippen LogP contribution >= 0.6 is 0 Å². The van der Waals surface area contributed by atoms with Gasteiger partial charge in [0.15, 0.2) is 0 Å². The van der Waals surface area contributed by atoms with Crippen LogP contribution in [0.5, 0.6) is 5.75 Å². The van der Waals surface area contributed by atoms with E-state index in [-0.39, 0.29) is 48.6 Å². The fourth-order valence-electron chi connectivity index (χ4n) is 3.92. The molecule has 34 heavy (non-hydrogen) atoms. The van der Waals surface area contributed by atoms with Gasteiger partial charge in [-0.3, -0.25) is 39.0 Å². The van der Waals surface area contributed by atoms with Crippen LogP contribution in [0, 0.1) is 0 Å². The quantitative estimate of drug-likeness (QED) is 0.300. The van der Waals surface area contributed by atoms with Gasteiger partial charge in [0.1, 0.15) is 11.8 Å². The van der Waals surface area contributed by atoms with E-state index in [1.54, 1.807) is 12.1 Å². The van der Waals surface area contributed by atoms with Gasteiger partial charge in [-0.25, -0.2) is 0 Å². The van der Waals surface area contributed by atoms with Crippen molar-refractivity contribution in [1.29, 1.82) is 0 Å². The van der Waals surface area contributed by atoms with Crippen molar-refractivity contribution in [1.82, 2.24) is 15.5 Å². The van der Waals surface area contributed by atoms with Crippen LogP contribution in [0.4, 0.5) is 0 Å². The molecule has 0 spiro atoms. The summed E-state index contributed by atoms with van der Waals surface area (Å²) in [5.41, 5.74) is 0.288. The third-order valence-electron chi connectivity index (χ3n) is 5.65. The Labute approximate surface area is 195 Å². The van der Waals surface area contributed by atoms with E-state index >= 15 is 0 Å². The number of nitrogens with zero attached hydrogens (tertiary/aromatic N) is 1. The molecule has 1 unspecified atom stereocenters. The maximum atomic E-state index is 13.0. The molecule has 1 saturated heterocycles. The number of rotatable bonds is 12. The SMILES string of the molecule is O=C(O)CCNC(=O)CCCCCCOc1cccc2c1C(=O)N(C1CCC(=O)NC1=O)C2=O. The van der Waals surface area contributed by atoms with Gasteiger partial charge < -0.3 is 15.2 Å². The third kappa shape index (κ3) is 5.97. The number of hydrogen-bond donors (Lipinski definition) is 3. The largest absolute Gasteiger partial charge is 0.493 e. The summed E-state index contributed by atoms with van der Waals surface area (Å²) in [5.74, 6) is -3.16. The van der Waals surface area contributed by atoms with Crippen LogP contribution in [0.3, 0.4) is 0 Å². The highest BCUT2D eigenvalue weighted by molar-refractivity contribution is 6.24. The number of carbonyl (C=O) groups excluding carboxylic acids is 5. The molecule has 1 atom stereocenters. The van der Waals surface area contributed by atoms with E-state index in [1.165, 1.54) is 6.07 Å². The van der Waals surface area contributed by atoms with Crippen molar-refractivity contribution in [3.05, 3.63) is 29.3 Å². The zero-order valence-electron chi connectivity index (χ0n) is 18.6. The lowest BCUT2D eigenvalue weighted by molar-refractivity contribution is -0.138. The number of amides is 5. The van der Waals surface area contributed by atoms with E-state index < -0.39 is 35.6 Å². The van der Waals surface area contributed by atoms with Gasteiger partial charge in [0.25, 0.3) is 11.8 Å². The fourth-order valence-corrected chi connectivity index (χ4v) is 3.92. The van der Waals surface area contributed by atoms with E-state index in [0.717, 1.165) is 17.7 Å². The lowest BCUT2D eigenvalue weighted by Gasteiger charge is -2.27. The second kappa shape index (κ2) is 11.4. The second-order valence-corrected chi connectivity index (χ2v) is 8.13. The number of carboxylic acids is 1. The number of piperidine rings is 1. The number of nitrogens with one attached hydrogen (secondary N) is 2. The lowest BCUT2D eigenvalue weighted by atomic mass is 10.0. The molecule has 0 aliphatic carbocycles. The number of imide groups is 2. The molecule has 1 aromatic carbocycles. The normalized spacial score (nSPS) is 17.4. The van der Waals surface area contributed by atoms with Crippen molar-refractivity contribution < 1.29 is 38.6 Å². The summed E-state index contributed by atoms with van der Waals surface area (Å²) in [6, 6.07) is 3.69. The lowest BCUT2D eigenvalue weighted by Crippen LogP contribution is -2.54. The van der Waals surface area contributed by atoms with Gasteiger partial charge in [0.05, 0.1) is 24.2 Å². The minimum absolute atomic E-state index is 0.0527. The number of carboxylic acid groups (broad SMARTS) is 1. The Morgan fingerprint density at radius 1 is 1.06 bits per heavy atom. The minimum Gasteiger partial charge on any atom is -0.493 e. The molecule has 5 amide bonds. The topological polar surface area (TPSA) is 159 Å². The molecule has 2 aliphatic heterocycles. The predicted octanol–water partition coefficient (Wildman–Crippen LogP) is 1.01. The van der Waals surface area contributed by atoms with Crippen molar-refractivity contribution in [2.24, 2.45) is 0 Å². The number of ether oxygens (including phenoxy) is 1. The van der Waals surface area contributed by atoms with Crippen molar-refractivity contribution >= 4 is 35.5 Å². The van der Waals surface area contributed by atoms with E-state index in [9.17, 15) is 28.8 Å². The molecule has 0 radical (unpaired) electrons.